The third-order valence-electron chi connectivity index (χ3n) is 3.09. The smallest absolute Gasteiger partial charge is 0.00418 e. The topological polar surface area (TPSA) is 12.0 Å². The van der Waals surface area contributed by atoms with Crippen molar-refractivity contribution in [2.24, 2.45) is 0 Å². The van der Waals surface area contributed by atoms with Crippen molar-refractivity contribution in [1.29, 1.82) is 0 Å². The van der Waals surface area contributed by atoms with Crippen molar-refractivity contribution >= 4 is 0 Å². The minimum Gasteiger partial charge on any atom is -0.314 e. The molecule has 0 saturated carbocycles. The van der Waals surface area contributed by atoms with Crippen LogP contribution in [0.2, 0.25) is 0 Å². The second-order valence-corrected chi connectivity index (χ2v) is 4.82. The van der Waals surface area contributed by atoms with Gasteiger partial charge in [0.15, 0.2) is 0 Å². The fourth-order valence-corrected chi connectivity index (χ4v) is 1.93. The van der Waals surface area contributed by atoms with E-state index in [1.165, 1.54) is 36.0 Å². The monoisotopic (exact) mass is 219 g/mol. The van der Waals surface area contributed by atoms with Gasteiger partial charge >= 0.3 is 0 Å². The lowest BCUT2D eigenvalue weighted by atomic mass is 9.99. The molecule has 0 amide bonds. The van der Waals surface area contributed by atoms with Gasteiger partial charge in [-0.15, -0.1) is 0 Å². The van der Waals surface area contributed by atoms with Crippen molar-refractivity contribution < 1.29 is 0 Å². The molecule has 0 aliphatic carbocycles. The summed E-state index contributed by atoms with van der Waals surface area (Å²) in [5, 5.41) is 3.54. The second-order valence-electron chi connectivity index (χ2n) is 4.82. The zero-order valence-corrected chi connectivity index (χ0v) is 11.1. The molecule has 0 fully saturated rings. The van der Waals surface area contributed by atoms with E-state index in [9.17, 15) is 0 Å². The molecule has 1 aromatic rings. The lowest BCUT2D eigenvalue weighted by molar-refractivity contribution is 0.513. The number of hydrogen-bond acceptors (Lipinski definition) is 1. The van der Waals surface area contributed by atoms with Gasteiger partial charge in [0.25, 0.3) is 0 Å². The van der Waals surface area contributed by atoms with Crippen LogP contribution in [0.15, 0.2) is 18.2 Å². The first-order chi connectivity index (χ1) is 7.63. The summed E-state index contributed by atoms with van der Waals surface area (Å²) in [6, 6.07) is 7.37. The molecule has 1 N–H and O–H groups in total. The molecule has 0 aliphatic heterocycles. The second kappa shape index (κ2) is 6.70. The molecular formula is C15H25N. The summed E-state index contributed by atoms with van der Waals surface area (Å²) >= 11 is 0. The molecule has 1 unspecified atom stereocenters. The van der Waals surface area contributed by atoms with Gasteiger partial charge in [0, 0.05) is 6.04 Å². The molecule has 16 heavy (non-hydrogen) atoms. The highest BCUT2D eigenvalue weighted by Crippen LogP contribution is 2.13. The third-order valence-corrected chi connectivity index (χ3v) is 3.09. The third kappa shape index (κ3) is 4.36. The molecule has 0 aliphatic rings. The molecule has 0 spiro atoms. The van der Waals surface area contributed by atoms with Crippen LogP contribution in [0.3, 0.4) is 0 Å². The predicted molar refractivity (Wildman–Crippen MR) is 72.0 cm³/mol. The minimum absolute atomic E-state index is 0.625. The maximum atomic E-state index is 3.54. The first-order valence-corrected chi connectivity index (χ1v) is 6.43. The highest BCUT2D eigenvalue weighted by molar-refractivity contribution is 5.30. The molecule has 0 radical (unpaired) electrons. The highest BCUT2D eigenvalue weighted by Gasteiger charge is 2.03. The molecule has 1 nitrogen and oxygen atoms in total. The Morgan fingerprint density at radius 1 is 1.25 bits per heavy atom. The maximum absolute atomic E-state index is 3.54. The average molecular weight is 219 g/mol. The van der Waals surface area contributed by atoms with Crippen molar-refractivity contribution in [3.63, 3.8) is 0 Å². The van der Waals surface area contributed by atoms with Gasteiger partial charge in [0.05, 0.1) is 0 Å². The van der Waals surface area contributed by atoms with Crippen LogP contribution in [-0.4, -0.2) is 12.6 Å². The van der Waals surface area contributed by atoms with Crippen LogP contribution >= 0.6 is 0 Å². The zero-order chi connectivity index (χ0) is 12.0. The predicted octanol–water partition coefficient (Wildman–Crippen LogP) is 3.62. The Hall–Kier alpha value is -0.820. The van der Waals surface area contributed by atoms with Crippen molar-refractivity contribution in [3.8, 4) is 0 Å². The lowest BCUT2D eigenvalue weighted by Crippen LogP contribution is -2.27. The molecular weight excluding hydrogens is 194 g/mol. The van der Waals surface area contributed by atoms with Gasteiger partial charge in [-0.3, -0.25) is 0 Å². The molecule has 0 bridgehead atoms. The van der Waals surface area contributed by atoms with E-state index in [4.69, 9.17) is 0 Å². The summed E-state index contributed by atoms with van der Waals surface area (Å²) in [6.07, 6.45) is 3.63. The van der Waals surface area contributed by atoms with Gasteiger partial charge in [-0.1, -0.05) is 30.7 Å². The van der Waals surface area contributed by atoms with Crippen molar-refractivity contribution in [2.45, 2.75) is 53.0 Å². The van der Waals surface area contributed by atoms with Gasteiger partial charge < -0.3 is 5.32 Å². The highest BCUT2D eigenvalue weighted by atomic mass is 14.9. The Labute approximate surface area is 100 Å². The number of rotatable bonds is 6. The SMILES string of the molecule is CCCNC(C)CCc1cc(C)ccc1C. The van der Waals surface area contributed by atoms with E-state index in [0.717, 1.165) is 6.54 Å². The quantitative estimate of drug-likeness (QED) is 0.770. The van der Waals surface area contributed by atoms with E-state index in [0.29, 0.717) is 6.04 Å². The Morgan fingerprint density at radius 3 is 2.69 bits per heavy atom. The zero-order valence-electron chi connectivity index (χ0n) is 11.1. The molecule has 0 aromatic heterocycles. The Kier molecular flexibility index (Phi) is 5.54. The molecule has 90 valence electrons. The Morgan fingerprint density at radius 2 is 2.00 bits per heavy atom. The van der Waals surface area contributed by atoms with Gasteiger partial charge in [-0.05, 0) is 57.7 Å². The normalized spacial score (nSPS) is 12.8. The average Bonchev–Trinajstić information content (AvgIpc) is 2.27. The fourth-order valence-electron chi connectivity index (χ4n) is 1.93. The molecule has 0 saturated heterocycles. The molecule has 1 aromatic carbocycles. The summed E-state index contributed by atoms with van der Waals surface area (Å²) in [5.41, 5.74) is 4.30. The summed E-state index contributed by atoms with van der Waals surface area (Å²) in [4.78, 5) is 0. The van der Waals surface area contributed by atoms with Crippen LogP contribution in [0.25, 0.3) is 0 Å². The van der Waals surface area contributed by atoms with E-state index < -0.39 is 0 Å². The maximum Gasteiger partial charge on any atom is 0.00418 e. The van der Waals surface area contributed by atoms with Crippen LogP contribution in [-0.2, 0) is 6.42 Å². The Bertz CT molecular complexity index is 317. The summed E-state index contributed by atoms with van der Waals surface area (Å²) in [5.74, 6) is 0. The summed E-state index contributed by atoms with van der Waals surface area (Å²) in [6.45, 7) is 10.00. The Balaban J connectivity index is 2.44. The first-order valence-electron chi connectivity index (χ1n) is 6.43. The summed E-state index contributed by atoms with van der Waals surface area (Å²) in [7, 11) is 0. The van der Waals surface area contributed by atoms with Crippen LogP contribution in [0.5, 0.6) is 0 Å². The van der Waals surface area contributed by atoms with Gasteiger partial charge in [-0.2, -0.15) is 0 Å². The number of hydrogen-bond donors (Lipinski definition) is 1. The van der Waals surface area contributed by atoms with E-state index in [-0.39, 0.29) is 0 Å². The fraction of sp³-hybridized carbons (Fsp3) is 0.600. The van der Waals surface area contributed by atoms with E-state index >= 15 is 0 Å². The van der Waals surface area contributed by atoms with Crippen LogP contribution in [0.1, 0.15) is 43.4 Å². The van der Waals surface area contributed by atoms with Crippen LogP contribution in [0.4, 0.5) is 0 Å². The molecule has 1 rings (SSSR count). The van der Waals surface area contributed by atoms with Crippen molar-refractivity contribution in [3.05, 3.63) is 34.9 Å². The first kappa shape index (κ1) is 13.2. The lowest BCUT2D eigenvalue weighted by Gasteiger charge is -2.14. The molecule has 1 heteroatoms. The number of benzene rings is 1. The molecule has 1 atom stereocenters. The van der Waals surface area contributed by atoms with Crippen LogP contribution in [0, 0.1) is 13.8 Å². The van der Waals surface area contributed by atoms with Crippen molar-refractivity contribution in [1.82, 2.24) is 5.32 Å². The van der Waals surface area contributed by atoms with Gasteiger partial charge in [-0.25, -0.2) is 0 Å². The minimum atomic E-state index is 0.625. The number of aryl methyl sites for hydroxylation is 3. The van der Waals surface area contributed by atoms with E-state index in [1.54, 1.807) is 0 Å². The molecule has 0 heterocycles. The number of nitrogens with one attached hydrogen (secondary N) is 1. The van der Waals surface area contributed by atoms with Crippen LogP contribution < -0.4 is 5.32 Å². The van der Waals surface area contributed by atoms with Gasteiger partial charge in [0.2, 0.25) is 0 Å². The summed E-state index contributed by atoms with van der Waals surface area (Å²) < 4.78 is 0. The van der Waals surface area contributed by atoms with Crippen molar-refractivity contribution in [2.75, 3.05) is 6.54 Å². The van der Waals surface area contributed by atoms with E-state index in [1.807, 2.05) is 0 Å². The van der Waals surface area contributed by atoms with Gasteiger partial charge in [0.1, 0.15) is 0 Å². The standard InChI is InChI=1S/C15H25N/c1-5-10-16-14(4)8-9-15-11-12(2)6-7-13(15)3/h6-7,11,14,16H,5,8-10H2,1-4H3. The largest absolute Gasteiger partial charge is 0.314 e. The van der Waals surface area contributed by atoms with E-state index in [2.05, 4.69) is 51.2 Å².